The molecule has 7 nitrogen and oxygen atoms in total. The number of rotatable bonds is 6. The fraction of sp³-hybridized carbons (Fsp3) is 0.353. The highest BCUT2D eigenvalue weighted by Crippen LogP contribution is 2.56. The van der Waals surface area contributed by atoms with Crippen LogP contribution in [0.1, 0.15) is 77.6 Å². The third-order valence-electron chi connectivity index (χ3n) is 8.65. The SMILES string of the molecule is O=C1C=CC[C@H](C[C@@H]2C[C@@H]3C[C@@](CCc4ccccc4)(Oc4cc5c(c(O)c43)C(=O)C[C@H](c3ccccc3)O5)O2)O1. The molecule has 2 bridgehead atoms. The molecule has 1 N–H and O–H groups in total. The van der Waals surface area contributed by atoms with E-state index in [0.717, 1.165) is 12.0 Å². The summed E-state index contributed by atoms with van der Waals surface area (Å²) in [6.45, 7) is 0. The molecule has 4 heterocycles. The molecule has 7 heteroatoms. The maximum absolute atomic E-state index is 13.4. The average Bonchev–Trinajstić information content (AvgIpc) is 2.96. The molecule has 4 aliphatic rings. The first-order valence-electron chi connectivity index (χ1n) is 14.4. The van der Waals surface area contributed by atoms with Gasteiger partial charge in [0.25, 0.3) is 0 Å². The van der Waals surface area contributed by atoms with Crippen LogP contribution < -0.4 is 9.47 Å². The molecule has 41 heavy (non-hydrogen) atoms. The first-order chi connectivity index (χ1) is 20.0. The number of aryl methyl sites for hydroxylation is 1. The van der Waals surface area contributed by atoms with Crippen LogP contribution in [0.25, 0.3) is 0 Å². The number of fused-ring (bicyclic) bond motifs is 5. The lowest BCUT2D eigenvalue weighted by Gasteiger charge is -2.49. The van der Waals surface area contributed by atoms with Crippen molar-refractivity contribution in [2.24, 2.45) is 0 Å². The summed E-state index contributed by atoms with van der Waals surface area (Å²) in [6.07, 6.45) is 6.20. The zero-order valence-corrected chi connectivity index (χ0v) is 22.7. The van der Waals surface area contributed by atoms with Gasteiger partial charge >= 0.3 is 5.97 Å². The van der Waals surface area contributed by atoms with Crippen molar-refractivity contribution in [2.45, 2.75) is 75.0 Å². The fourth-order valence-corrected chi connectivity index (χ4v) is 6.80. The maximum atomic E-state index is 13.4. The fourth-order valence-electron chi connectivity index (χ4n) is 6.80. The van der Waals surface area contributed by atoms with Crippen molar-refractivity contribution in [1.29, 1.82) is 0 Å². The van der Waals surface area contributed by atoms with Crippen molar-refractivity contribution in [3.63, 3.8) is 0 Å². The Bertz CT molecular complexity index is 1500. The van der Waals surface area contributed by atoms with E-state index in [1.165, 1.54) is 11.6 Å². The van der Waals surface area contributed by atoms with Crippen LogP contribution in [0.3, 0.4) is 0 Å². The Hall–Kier alpha value is -4.10. The largest absolute Gasteiger partial charge is 0.507 e. The number of hydrogen-bond acceptors (Lipinski definition) is 7. The Kier molecular flexibility index (Phi) is 6.54. The summed E-state index contributed by atoms with van der Waals surface area (Å²) in [7, 11) is 0. The van der Waals surface area contributed by atoms with Gasteiger partial charge in [-0.05, 0) is 29.9 Å². The van der Waals surface area contributed by atoms with Crippen LogP contribution in [0.5, 0.6) is 17.2 Å². The second kappa shape index (κ2) is 10.4. The van der Waals surface area contributed by atoms with E-state index in [-0.39, 0.29) is 47.6 Å². The van der Waals surface area contributed by atoms with Crippen LogP contribution in [0.15, 0.2) is 78.9 Å². The minimum absolute atomic E-state index is 0.0525. The minimum atomic E-state index is -0.927. The topological polar surface area (TPSA) is 91.3 Å². The number of aromatic hydroxyl groups is 1. The predicted octanol–water partition coefficient (Wildman–Crippen LogP) is 6.34. The lowest BCUT2D eigenvalue weighted by atomic mass is 9.77. The highest BCUT2D eigenvalue weighted by atomic mass is 16.7. The Morgan fingerprint density at radius 1 is 0.927 bits per heavy atom. The molecule has 7 rings (SSSR count). The van der Waals surface area contributed by atoms with Crippen LogP contribution >= 0.6 is 0 Å². The van der Waals surface area contributed by atoms with Crippen molar-refractivity contribution in [3.05, 3.63) is 101 Å². The molecule has 1 fully saturated rings. The maximum Gasteiger partial charge on any atom is 0.330 e. The van der Waals surface area contributed by atoms with Crippen molar-refractivity contribution in [1.82, 2.24) is 0 Å². The zero-order chi connectivity index (χ0) is 28.0. The van der Waals surface area contributed by atoms with E-state index in [1.807, 2.05) is 54.6 Å². The summed E-state index contributed by atoms with van der Waals surface area (Å²) in [5, 5.41) is 11.6. The molecule has 0 aliphatic carbocycles. The molecule has 0 aromatic heterocycles. The van der Waals surface area contributed by atoms with Gasteiger partial charge in [-0.25, -0.2) is 4.79 Å². The summed E-state index contributed by atoms with van der Waals surface area (Å²) in [4.78, 5) is 25.2. The van der Waals surface area contributed by atoms with Crippen LogP contribution in [-0.2, 0) is 20.7 Å². The second-order valence-electron chi connectivity index (χ2n) is 11.5. The summed E-state index contributed by atoms with van der Waals surface area (Å²) >= 11 is 0. The first-order valence-corrected chi connectivity index (χ1v) is 14.4. The molecule has 4 aliphatic heterocycles. The van der Waals surface area contributed by atoms with Gasteiger partial charge in [-0.2, -0.15) is 0 Å². The number of esters is 1. The number of Topliss-reactive ketones (excluding diaryl/α,β-unsaturated/α-hetero) is 1. The molecule has 0 radical (unpaired) electrons. The van der Waals surface area contributed by atoms with Crippen molar-refractivity contribution in [3.8, 4) is 17.2 Å². The van der Waals surface area contributed by atoms with Gasteiger partial charge in [0.05, 0.1) is 12.5 Å². The van der Waals surface area contributed by atoms with Gasteiger partial charge in [0, 0.05) is 43.4 Å². The van der Waals surface area contributed by atoms with E-state index < -0.39 is 11.9 Å². The number of cyclic esters (lactones) is 1. The van der Waals surface area contributed by atoms with E-state index in [9.17, 15) is 14.7 Å². The molecule has 0 saturated carbocycles. The monoisotopic (exact) mass is 552 g/mol. The van der Waals surface area contributed by atoms with Gasteiger partial charge in [-0.3, -0.25) is 4.79 Å². The van der Waals surface area contributed by atoms with Gasteiger partial charge in [0.2, 0.25) is 5.79 Å². The number of ketones is 1. The number of carbonyl (C=O) groups excluding carboxylic acids is 2. The number of hydrogen-bond donors (Lipinski definition) is 1. The number of ether oxygens (including phenoxy) is 4. The van der Waals surface area contributed by atoms with Crippen LogP contribution in [-0.4, -0.2) is 34.9 Å². The van der Waals surface area contributed by atoms with E-state index in [1.54, 1.807) is 6.07 Å². The van der Waals surface area contributed by atoms with E-state index in [0.29, 0.717) is 49.2 Å². The molecule has 3 aromatic rings. The van der Waals surface area contributed by atoms with Gasteiger partial charge in [0.15, 0.2) is 5.78 Å². The highest BCUT2D eigenvalue weighted by molar-refractivity contribution is 6.03. The van der Waals surface area contributed by atoms with Crippen LogP contribution in [0, 0.1) is 0 Å². The molecule has 0 unspecified atom stereocenters. The average molecular weight is 553 g/mol. The lowest BCUT2D eigenvalue weighted by Crippen LogP contribution is -2.51. The molecular weight excluding hydrogens is 520 g/mol. The summed E-state index contributed by atoms with van der Waals surface area (Å²) < 4.78 is 25.2. The molecular formula is C34H32O7. The molecule has 0 amide bonds. The number of phenols is 1. The Labute approximate surface area is 238 Å². The predicted molar refractivity (Wildman–Crippen MR) is 150 cm³/mol. The molecule has 5 atom stereocenters. The van der Waals surface area contributed by atoms with E-state index in [4.69, 9.17) is 18.9 Å². The standard InChI is InChI=1S/C34H32O7/c35-26-18-27(22-10-5-2-6-11-22)39-28-19-29-31(33(37)32(26)28)23-16-25(17-24-12-7-13-30(36)38-24)40-34(20-23,41-29)15-14-21-8-3-1-4-9-21/h1-11,13,19,23-25,27,37H,12,14-18,20H2/t23-,24-,25+,27-,34-/m1/s1. The van der Waals surface area contributed by atoms with Crippen molar-refractivity contribution >= 4 is 11.8 Å². The lowest BCUT2D eigenvalue weighted by molar-refractivity contribution is -0.257. The number of phenolic OH excluding ortho intramolecular Hbond substituents is 1. The quantitative estimate of drug-likeness (QED) is 0.357. The van der Waals surface area contributed by atoms with Crippen LogP contribution in [0.2, 0.25) is 0 Å². The molecule has 0 spiro atoms. The van der Waals surface area contributed by atoms with Crippen molar-refractivity contribution < 1.29 is 33.6 Å². The van der Waals surface area contributed by atoms with E-state index >= 15 is 0 Å². The number of carbonyl (C=O) groups is 2. The second-order valence-corrected chi connectivity index (χ2v) is 11.5. The van der Waals surface area contributed by atoms with Crippen molar-refractivity contribution in [2.75, 3.05) is 0 Å². The normalized spacial score (nSPS) is 28.1. The zero-order valence-electron chi connectivity index (χ0n) is 22.7. The first kappa shape index (κ1) is 25.8. The van der Waals surface area contributed by atoms with E-state index in [2.05, 4.69) is 12.1 Å². The summed E-state index contributed by atoms with van der Waals surface area (Å²) in [5.41, 5.74) is 2.96. The smallest absolute Gasteiger partial charge is 0.330 e. The molecule has 1 saturated heterocycles. The van der Waals surface area contributed by atoms with Gasteiger partial charge in [0.1, 0.15) is 35.0 Å². The Morgan fingerprint density at radius 3 is 2.49 bits per heavy atom. The van der Waals surface area contributed by atoms with Gasteiger partial charge in [-0.1, -0.05) is 66.7 Å². The third-order valence-corrected chi connectivity index (χ3v) is 8.65. The highest BCUT2D eigenvalue weighted by Gasteiger charge is 2.51. The molecule has 210 valence electrons. The Morgan fingerprint density at radius 2 is 1.71 bits per heavy atom. The summed E-state index contributed by atoms with van der Waals surface area (Å²) in [5.74, 6) is -0.723. The Balaban J connectivity index is 1.22. The third kappa shape index (κ3) is 4.99. The van der Waals surface area contributed by atoms with Crippen LogP contribution in [0.4, 0.5) is 0 Å². The van der Waals surface area contributed by atoms with Gasteiger partial charge < -0.3 is 24.1 Å². The number of benzene rings is 3. The summed E-state index contributed by atoms with van der Waals surface area (Å²) in [6, 6.07) is 21.6. The van der Waals surface area contributed by atoms with Gasteiger partial charge in [-0.15, -0.1) is 0 Å². The molecule has 3 aromatic carbocycles. The minimum Gasteiger partial charge on any atom is -0.507 e.